The number of nitrogens with one attached hydrogen (secondary N) is 1. The number of benzene rings is 2. The van der Waals surface area contributed by atoms with Crippen LogP contribution in [0.2, 0.25) is 0 Å². The second-order valence-electron chi connectivity index (χ2n) is 4.27. The smallest absolute Gasteiger partial charge is 0.338 e. The number of carbonyl (C=O) groups is 1. The van der Waals surface area contributed by atoms with Gasteiger partial charge in [0.05, 0.1) is 18.4 Å². The number of rotatable bonds is 4. The molecule has 21 heavy (non-hydrogen) atoms. The molecule has 0 aliphatic carbocycles. The lowest BCUT2D eigenvalue weighted by molar-refractivity contribution is 0.0601. The lowest BCUT2D eigenvalue weighted by atomic mass is 9.96. The van der Waals surface area contributed by atoms with Gasteiger partial charge in [0.25, 0.3) is 0 Å². The molecular weight excluding hydrogens is 288 g/mol. The van der Waals surface area contributed by atoms with Crippen molar-refractivity contribution in [2.75, 3.05) is 12.6 Å². The van der Waals surface area contributed by atoms with Crippen molar-refractivity contribution in [2.45, 2.75) is 0 Å². The number of para-hydroxylation sites is 1. The molecule has 0 aliphatic rings. The van der Waals surface area contributed by atoms with Crippen molar-refractivity contribution in [3.05, 3.63) is 53.6 Å². The summed E-state index contributed by atoms with van der Waals surface area (Å²) in [4.78, 5) is 12.2. The van der Waals surface area contributed by atoms with E-state index in [4.69, 9.17) is 22.7 Å². The number of hydrogen-bond acceptors (Lipinski definition) is 5. The third kappa shape index (κ3) is 3.01. The summed E-state index contributed by atoms with van der Waals surface area (Å²) in [5, 5.41) is 9.20. The van der Waals surface area contributed by atoms with Crippen LogP contribution in [-0.4, -0.2) is 23.3 Å². The van der Waals surface area contributed by atoms with Crippen LogP contribution in [0.15, 0.2) is 42.5 Å². The van der Waals surface area contributed by atoms with E-state index in [0.717, 1.165) is 0 Å². The summed E-state index contributed by atoms with van der Waals surface area (Å²) in [5.41, 5.74) is 10.4. The Hall–Kier alpha value is -2.44. The maximum absolute atomic E-state index is 12.0. The summed E-state index contributed by atoms with van der Waals surface area (Å²) < 4.78 is 4.80. The molecule has 2 rings (SSSR count). The molecule has 4 N–H and O–H groups in total. The van der Waals surface area contributed by atoms with Gasteiger partial charge in [-0.3, -0.25) is 10.7 Å². The highest BCUT2D eigenvalue weighted by atomic mass is 32.1. The second kappa shape index (κ2) is 6.34. The summed E-state index contributed by atoms with van der Waals surface area (Å²) >= 11 is 4.93. The maximum Gasteiger partial charge on any atom is 0.338 e. The van der Waals surface area contributed by atoms with Gasteiger partial charge in [0, 0.05) is 11.1 Å². The van der Waals surface area contributed by atoms with Crippen LogP contribution < -0.4 is 11.2 Å². The van der Waals surface area contributed by atoms with Gasteiger partial charge in [-0.15, -0.1) is 0 Å². The Balaban J connectivity index is 2.67. The summed E-state index contributed by atoms with van der Waals surface area (Å²) in [6.07, 6.45) is 0. The standard InChI is InChI=1S/C15H14N2O3S/c1-20-15(18)12-8-9(14(16)21)6-7-10(12)11-4-2-3-5-13(11)17-19/h2-8,17,19H,1H3,(H2,16,21). The number of esters is 1. The Morgan fingerprint density at radius 2 is 1.95 bits per heavy atom. The minimum atomic E-state index is -0.504. The molecule has 0 fully saturated rings. The van der Waals surface area contributed by atoms with Crippen molar-refractivity contribution in [3.63, 3.8) is 0 Å². The van der Waals surface area contributed by atoms with Gasteiger partial charge in [-0.2, -0.15) is 0 Å². The van der Waals surface area contributed by atoms with E-state index in [2.05, 4.69) is 5.48 Å². The van der Waals surface area contributed by atoms with Crippen molar-refractivity contribution in [1.29, 1.82) is 0 Å². The molecule has 2 aromatic carbocycles. The molecule has 108 valence electrons. The van der Waals surface area contributed by atoms with Gasteiger partial charge in [-0.05, 0) is 17.7 Å². The van der Waals surface area contributed by atoms with E-state index >= 15 is 0 Å². The molecule has 0 atom stereocenters. The number of thiocarbonyl (C=S) groups is 1. The van der Waals surface area contributed by atoms with Crippen molar-refractivity contribution in [2.24, 2.45) is 5.73 Å². The van der Waals surface area contributed by atoms with E-state index < -0.39 is 5.97 Å². The van der Waals surface area contributed by atoms with Crippen molar-refractivity contribution in [1.82, 2.24) is 0 Å². The van der Waals surface area contributed by atoms with E-state index in [1.807, 2.05) is 0 Å². The molecule has 5 nitrogen and oxygen atoms in total. The van der Waals surface area contributed by atoms with Crippen LogP contribution in [0.1, 0.15) is 15.9 Å². The number of anilines is 1. The van der Waals surface area contributed by atoms with Crippen LogP contribution >= 0.6 is 12.2 Å². The quantitative estimate of drug-likeness (QED) is 0.457. The number of methoxy groups -OCH3 is 1. The highest BCUT2D eigenvalue weighted by molar-refractivity contribution is 7.80. The highest BCUT2D eigenvalue weighted by Crippen LogP contribution is 2.31. The zero-order valence-corrected chi connectivity index (χ0v) is 12.1. The molecule has 0 heterocycles. The predicted octanol–water partition coefficient (Wildman–Crippen LogP) is 2.58. The van der Waals surface area contributed by atoms with Gasteiger partial charge in [0.2, 0.25) is 0 Å². The monoisotopic (exact) mass is 302 g/mol. The first kappa shape index (κ1) is 15.0. The molecule has 0 unspecified atom stereocenters. The highest BCUT2D eigenvalue weighted by Gasteiger charge is 2.17. The molecular formula is C15H14N2O3S. The van der Waals surface area contributed by atoms with Crippen LogP contribution in [0.25, 0.3) is 11.1 Å². The predicted molar refractivity (Wildman–Crippen MR) is 84.5 cm³/mol. The van der Waals surface area contributed by atoms with E-state index in [1.54, 1.807) is 42.5 Å². The largest absolute Gasteiger partial charge is 0.465 e. The van der Waals surface area contributed by atoms with Crippen LogP contribution in [0.4, 0.5) is 5.69 Å². The average molecular weight is 302 g/mol. The summed E-state index contributed by atoms with van der Waals surface area (Å²) in [5.74, 6) is -0.504. The normalized spacial score (nSPS) is 10.0. The van der Waals surface area contributed by atoms with Crippen molar-refractivity contribution in [3.8, 4) is 11.1 Å². The van der Waals surface area contributed by atoms with Gasteiger partial charge in [0.15, 0.2) is 0 Å². The molecule has 0 radical (unpaired) electrons. The molecule has 0 spiro atoms. The summed E-state index contributed by atoms with van der Waals surface area (Å²) in [7, 11) is 1.30. The fourth-order valence-electron chi connectivity index (χ4n) is 2.03. The Bertz CT molecular complexity index is 701. The van der Waals surface area contributed by atoms with Gasteiger partial charge in [-0.1, -0.05) is 42.5 Å². The first-order valence-corrected chi connectivity index (χ1v) is 6.51. The zero-order valence-electron chi connectivity index (χ0n) is 11.3. The minimum Gasteiger partial charge on any atom is -0.465 e. The Labute approximate surface area is 127 Å². The van der Waals surface area contributed by atoms with Crippen LogP contribution in [-0.2, 0) is 4.74 Å². The van der Waals surface area contributed by atoms with E-state index in [9.17, 15) is 10.0 Å². The molecule has 0 bridgehead atoms. The Kier molecular flexibility index (Phi) is 4.52. The molecule has 0 amide bonds. The van der Waals surface area contributed by atoms with Gasteiger partial charge >= 0.3 is 5.97 Å². The Morgan fingerprint density at radius 3 is 2.57 bits per heavy atom. The summed E-state index contributed by atoms with van der Waals surface area (Å²) in [6, 6.07) is 12.1. The molecule has 0 aromatic heterocycles. The SMILES string of the molecule is COC(=O)c1cc(C(N)=S)ccc1-c1ccccc1NO. The van der Waals surface area contributed by atoms with Gasteiger partial charge < -0.3 is 10.5 Å². The van der Waals surface area contributed by atoms with Crippen molar-refractivity contribution >= 4 is 28.9 Å². The zero-order chi connectivity index (χ0) is 15.4. The number of hydrogen-bond donors (Lipinski definition) is 3. The van der Waals surface area contributed by atoms with E-state index in [1.165, 1.54) is 7.11 Å². The first-order chi connectivity index (χ1) is 10.1. The van der Waals surface area contributed by atoms with Gasteiger partial charge in [-0.25, -0.2) is 4.79 Å². The number of carbonyl (C=O) groups excluding carboxylic acids is 1. The van der Waals surface area contributed by atoms with Crippen molar-refractivity contribution < 1.29 is 14.7 Å². The number of nitrogens with two attached hydrogens (primary N) is 1. The lowest BCUT2D eigenvalue weighted by Gasteiger charge is -2.13. The third-order valence-corrected chi connectivity index (χ3v) is 3.28. The minimum absolute atomic E-state index is 0.195. The topological polar surface area (TPSA) is 84.6 Å². The van der Waals surface area contributed by atoms with Gasteiger partial charge in [0.1, 0.15) is 4.99 Å². The molecule has 2 aromatic rings. The molecule has 0 aliphatic heterocycles. The van der Waals surface area contributed by atoms with E-state index in [0.29, 0.717) is 27.9 Å². The maximum atomic E-state index is 12.0. The molecule has 0 saturated heterocycles. The third-order valence-electron chi connectivity index (χ3n) is 3.05. The lowest BCUT2D eigenvalue weighted by Crippen LogP contribution is -2.12. The molecule has 6 heteroatoms. The first-order valence-electron chi connectivity index (χ1n) is 6.10. The fourth-order valence-corrected chi connectivity index (χ4v) is 2.15. The second-order valence-corrected chi connectivity index (χ2v) is 4.71. The van der Waals surface area contributed by atoms with Crippen LogP contribution in [0, 0.1) is 0 Å². The van der Waals surface area contributed by atoms with E-state index in [-0.39, 0.29) is 4.99 Å². The fraction of sp³-hybridized carbons (Fsp3) is 0.0667. The average Bonchev–Trinajstić information content (AvgIpc) is 2.53. The molecule has 0 saturated carbocycles. The van der Waals surface area contributed by atoms with Crippen LogP contribution in [0.5, 0.6) is 0 Å². The van der Waals surface area contributed by atoms with Crippen LogP contribution in [0.3, 0.4) is 0 Å². The summed E-state index contributed by atoms with van der Waals surface area (Å²) in [6.45, 7) is 0. The number of ether oxygens (including phenoxy) is 1. The Morgan fingerprint density at radius 1 is 1.24 bits per heavy atom.